The van der Waals surface area contributed by atoms with Gasteiger partial charge in [-0.15, -0.1) is 0 Å². The molecule has 1 aliphatic heterocycles. The molecule has 2 heterocycles. The number of hydrazine groups is 1. The molecule has 0 radical (unpaired) electrons. The highest BCUT2D eigenvalue weighted by Crippen LogP contribution is 2.38. The standard InChI is InChI=1S/C14H17FN2O2/c1-14(5-2-6-18-14)13(17-16)12-8-9-7-10(15)3-4-11(9)19-12/h3-4,7-8,13,17H,2,5-6,16H2,1H3. The average Bonchev–Trinajstić information content (AvgIpc) is 2.96. The van der Waals surface area contributed by atoms with E-state index in [2.05, 4.69) is 5.43 Å². The molecule has 3 N–H and O–H groups in total. The molecule has 19 heavy (non-hydrogen) atoms. The van der Waals surface area contributed by atoms with Crippen molar-refractivity contribution in [2.75, 3.05) is 6.61 Å². The summed E-state index contributed by atoms with van der Waals surface area (Å²) in [6.45, 7) is 2.74. The minimum Gasteiger partial charge on any atom is -0.459 e. The van der Waals surface area contributed by atoms with Crippen molar-refractivity contribution in [3.63, 3.8) is 0 Å². The molecule has 0 bridgehead atoms. The minimum absolute atomic E-state index is 0.245. The van der Waals surface area contributed by atoms with Gasteiger partial charge in [-0.3, -0.25) is 5.84 Å². The maximum absolute atomic E-state index is 13.2. The highest BCUT2D eigenvalue weighted by molar-refractivity contribution is 5.78. The molecule has 2 aromatic rings. The van der Waals surface area contributed by atoms with E-state index in [0.29, 0.717) is 11.3 Å². The first-order chi connectivity index (χ1) is 9.12. The summed E-state index contributed by atoms with van der Waals surface area (Å²) >= 11 is 0. The van der Waals surface area contributed by atoms with Crippen molar-refractivity contribution in [2.45, 2.75) is 31.4 Å². The lowest BCUT2D eigenvalue weighted by molar-refractivity contribution is -0.0177. The monoisotopic (exact) mass is 264 g/mol. The Bertz CT molecular complexity index is 590. The van der Waals surface area contributed by atoms with Crippen molar-refractivity contribution >= 4 is 11.0 Å². The van der Waals surface area contributed by atoms with Crippen LogP contribution in [0, 0.1) is 5.82 Å². The molecule has 0 spiro atoms. The van der Waals surface area contributed by atoms with Gasteiger partial charge in [-0.05, 0) is 44.0 Å². The van der Waals surface area contributed by atoms with E-state index < -0.39 is 0 Å². The molecule has 0 aliphatic carbocycles. The molecule has 4 nitrogen and oxygen atoms in total. The lowest BCUT2D eigenvalue weighted by atomic mass is 9.91. The van der Waals surface area contributed by atoms with E-state index in [-0.39, 0.29) is 17.5 Å². The van der Waals surface area contributed by atoms with Gasteiger partial charge < -0.3 is 9.15 Å². The molecule has 2 unspecified atom stereocenters. The van der Waals surface area contributed by atoms with Gasteiger partial charge in [-0.1, -0.05) is 0 Å². The van der Waals surface area contributed by atoms with Gasteiger partial charge >= 0.3 is 0 Å². The molecule has 102 valence electrons. The maximum atomic E-state index is 13.2. The Morgan fingerprint density at radius 2 is 2.26 bits per heavy atom. The van der Waals surface area contributed by atoms with E-state index in [1.54, 1.807) is 6.07 Å². The Hall–Kier alpha value is -1.43. The third-order valence-corrected chi connectivity index (χ3v) is 3.81. The molecule has 1 aliphatic rings. The van der Waals surface area contributed by atoms with Crippen LogP contribution in [-0.4, -0.2) is 12.2 Å². The molecule has 1 saturated heterocycles. The van der Waals surface area contributed by atoms with Crippen LogP contribution in [0.1, 0.15) is 31.6 Å². The smallest absolute Gasteiger partial charge is 0.134 e. The molecule has 1 aromatic heterocycles. The lowest BCUT2D eigenvalue weighted by Gasteiger charge is -2.31. The van der Waals surface area contributed by atoms with Crippen LogP contribution < -0.4 is 11.3 Å². The van der Waals surface area contributed by atoms with Gasteiger partial charge in [-0.25, -0.2) is 9.82 Å². The second kappa shape index (κ2) is 4.59. The van der Waals surface area contributed by atoms with Crippen LogP contribution in [0.2, 0.25) is 0 Å². The zero-order valence-corrected chi connectivity index (χ0v) is 10.8. The fraction of sp³-hybridized carbons (Fsp3) is 0.429. The number of nitrogens with two attached hydrogens (primary N) is 1. The first-order valence-corrected chi connectivity index (χ1v) is 6.41. The van der Waals surface area contributed by atoms with Gasteiger partial charge in [0.15, 0.2) is 0 Å². The van der Waals surface area contributed by atoms with Gasteiger partial charge in [0.05, 0.1) is 5.60 Å². The van der Waals surface area contributed by atoms with Crippen molar-refractivity contribution < 1.29 is 13.5 Å². The van der Waals surface area contributed by atoms with Crippen molar-refractivity contribution in [2.24, 2.45) is 5.84 Å². The first-order valence-electron chi connectivity index (χ1n) is 6.41. The number of ether oxygens (including phenoxy) is 1. The minimum atomic E-state index is -0.388. The van der Waals surface area contributed by atoms with Crippen molar-refractivity contribution in [3.05, 3.63) is 35.8 Å². The number of nitrogens with one attached hydrogen (secondary N) is 1. The highest BCUT2D eigenvalue weighted by Gasteiger charge is 2.40. The van der Waals surface area contributed by atoms with Gasteiger partial charge in [0, 0.05) is 12.0 Å². The van der Waals surface area contributed by atoms with E-state index >= 15 is 0 Å². The second-order valence-corrected chi connectivity index (χ2v) is 5.20. The van der Waals surface area contributed by atoms with Crippen LogP contribution in [0.3, 0.4) is 0 Å². The third-order valence-electron chi connectivity index (χ3n) is 3.81. The number of fused-ring (bicyclic) bond motifs is 1. The molecule has 0 saturated carbocycles. The van der Waals surface area contributed by atoms with E-state index in [1.807, 2.05) is 13.0 Å². The number of hydrogen-bond acceptors (Lipinski definition) is 4. The van der Waals surface area contributed by atoms with Gasteiger partial charge in [0.1, 0.15) is 23.2 Å². The summed E-state index contributed by atoms with van der Waals surface area (Å²) in [5.74, 6) is 6.05. The summed E-state index contributed by atoms with van der Waals surface area (Å²) in [4.78, 5) is 0. The molecular weight excluding hydrogens is 247 g/mol. The Morgan fingerprint density at radius 1 is 1.42 bits per heavy atom. The molecule has 0 amide bonds. The average molecular weight is 264 g/mol. The second-order valence-electron chi connectivity index (χ2n) is 5.20. The van der Waals surface area contributed by atoms with Crippen LogP contribution in [0.15, 0.2) is 28.7 Å². The van der Waals surface area contributed by atoms with Crippen LogP contribution in [0.4, 0.5) is 4.39 Å². The SMILES string of the molecule is CC1(C(NN)c2cc3cc(F)ccc3o2)CCCO1. The first kappa shape index (κ1) is 12.6. The summed E-state index contributed by atoms with van der Waals surface area (Å²) in [5.41, 5.74) is 3.03. The Kier molecular flexibility index (Phi) is 3.05. The number of furan rings is 1. The van der Waals surface area contributed by atoms with Crippen LogP contribution in [0.5, 0.6) is 0 Å². The van der Waals surface area contributed by atoms with E-state index in [9.17, 15) is 4.39 Å². The Balaban J connectivity index is 2.01. The van der Waals surface area contributed by atoms with Crippen LogP contribution >= 0.6 is 0 Å². The lowest BCUT2D eigenvalue weighted by Crippen LogP contribution is -2.44. The fourth-order valence-electron chi connectivity index (χ4n) is 2.76. The normalized spacial score (nSPS) is 25.0. The molecular formula is C14H17FN2O2. The molecule has 5 heteroatoms. The zero-order chi connectivity index (χ0) is 13.5. The predicted molar refractivity (Wildman–Crippen MR) is 69.8 cm³/mol. The Labute approximate surface area is 110 Å². The van der Waals surface area contributed by atoms with Crippen LogP contribution in [0.25, 0.3) is 11.0 Å². The Morgan fingerprint density at radius 3 is 2.95 bits per heavy atom. The summed E-state index contributed by atoms with van der Waals surface area (Å²) in [6, 6.07) is 6.03. The summed E-state index contributed by atoms with van der Waals surface area (Å²) in [5, 5.41) is 0.733. The van der Waals surface area contributed by atoms with Crippen molar-refractivity contribution in [1.82, 2.24) is 5.43 Å². The number of rotatable bonds is 3. The van der Waals surface area contributed by atoms with Gasteiger partial charge in [0.25, 0.3) is 0 Å². The number of hydrogen-bond donors (Lipinski definition) is 2. The zero-order valence-electron chi connectivity index (χ0n) is 10.8. The summed E-state index contributed by atoms with van der Waals surface area (Å²) in [7, 11) is 0. The van der Waals surface area contributed by atoms with Crippen molar-refractivity contribution in [3.8, 4) is 0 Å². The van der Waals surface area contributed by atoms with E-state index in [0.717, 1.165) is 24.8 Å². The predicted octanol–water partition coefficient (Wildman–Crippen LogP) is 2.65. The summed E-state index contributed by atoms with van der Waals surface area (Å²) < 4.78 is 24.8. The maximum Gasteiger partial charge on any atom is 0.134 e. The largest absolute Gasteiger partial charge is 0.459 e. The van der Waals surface area contributed by atoms with E-state index in [1.165, 1.54) is 12.1 Å². The summed E-state index contributed by atoms with van der Waals surface area (Å²) in [6.07, 6.45) is 1.91. The molecule has 2 atom stereocenters. The van der Waals surface area contributed by atoms with Crippen LogP contribution in [-0.2, 0) is 4.74 Å². The molecule has 1 fully saturated rings. The number of benzene rings is 1. The van der Waals surface area contributed by atoms with Gasteiger partial charge in [0.2, 0.25) is 0 Å². The highest BCUT2D eigenvalue weighted by atomic mass is 19.1. The molecule has 3 rings (SSSR count). The third kappa shape index (κ3) is 2.14. The quantitative estimate of drug-likeness (QED) is 0.661. The van der Waals surface area contributed by atoms with Gasteiger partial charge in [-0.2, -0.15) is 0 Å². The topological polar surface area (TPSA) is 60.4 Å². The number of halogens is 1. The fourth-order valence-corrected chi connectivity index (χ4v) is 2.76. The molecule has 1 aromatic carbocycles. The van der Waals surface area contributed by atoms with E-state index in [4.69, 9.17) is 15.0 Å². The van der Waals surface area contributed by atoms with Crippen molar-refractivity contribution in [1.29, 1.82) is 0 Å².